The van der Waals surface area contributed by atoms with Gasteiger partial charge in [0.1, 0.15) is 5.82 Å². The molecule has 162 valence electrons. The van der Waals surface area contributed by atoms with Gasteiger partial charge in [-0.05, 0) is 63.9 Å². The molecule has 1 aromatic heterocycles. The van der Waals surface area contributed by atoms with E-state index in [1.165, 1.54) is 6.07 Å². The number of aliphatic hydroxyl groups is 1. The van der Waals surface area contributed by atoms with E-state index < -0.39 is 11.5 Å². The molecule has 0 unspecified atom stereocenters. The van der Waals surface area contributed by atoms with Gasteiger partial charge in [-0.1, -0.05) is 18.2 Å². The molecular formula is C23H31FN4O2. The number of imidazole rings is 1. The monoisotopic (exact) mass is 414 g/mol. The number of carbonyl (C=O) groups excluding carboxylic acids is 1. The lowest BCUT2D eigenvalue weighted by molar-refractivity contribution is -0.145. The number of rotatable bonds is 4. The molecule has 30 heavy (non-hydrogen) atoms. The van der Waals surface area contributed by atoms with Gasteiger partial charge in [0, 0.05) is 25.5 Å². The Kier molecular flexibility index (Phi) is 6.20. The largest absolute Gasteiger partial charge is 0.391 e. The number of likely N-dealkylation sites (tertiary alicyclic amines) is 2. The number of aliphatic hydroxyl groups excluding tert-OH is 1. The first kappa shape index (κ1) is 21.0. The summed E-state index contributed by atoms with van der Waals surface area (Å²) in [5, 5.41) is 10.7. The molecule has 0 radical (unpaired) electrons. The van der Waals surface area contributed by atoms with Crippen LogP contribution in [0.2, 0.25) is 0 Å². The summed E-state index contributed by atoms with van der Waals surface area (Å²) in [6.07, 6.45) is 7.87. The third kappa shape index (κ3) is 4.27. The van der Waals surface area contributed by atoms with Gasteiger partial charge < -0.3 is 19.5 Å². The molecule has 1 N–H and O–H groups in total. The number of piperidine rings is 1. The van der Waals surface area contributed by atoms with Gasteiger partial charge in [0.2, 0.25) is 5.91 Å². The number of nitrogens with zero attached hydrogens (tertiary/aromatic N) is 4. The Morgan fingerprint density at radius 3 is 2.63 bits per heavy atom. The molecular weight excluding hydrogens is 383 g/mol. The number of hydrogen-bond donors (Lipinski definition) is 1. The molecule has 1 amide bonds. The van der Waals surface area contributed by atoms with Gasteiger partial charge >= 0.3 is 0 Å². The fourth-order valence-electron chi connectivity index (χ4n) is 4.94. The van der Waals surface area contributed by atoms with Crippen molar-refractivity contribution in [1.29, 1.82) is 0 Å². The van der Waals surface area contributed by atoms with Gasteiger partial charge in [0.05, 0.1) is 23.9 Å². The molecule has 0 bridgehead atoms. The lowest BCUT2D eigenvalue weighted by Crippen LogP contribution is -2.51. The summed E-state index contributed by atoms with van der Waals surface area (Å²) in [5.41, 5.74) is 0.0238. The van der Waals surface area contributed by atoms with E-state index >= 15 is 0 Å². The smallest absolute Gasteiger partial charge is 0.229 e. The van der Waals surface area contributed by atoms with Gasteiger partial charge in [0.25, 0.3) is 0 Å². The molecule has 2 fully saturated rings. The highest BCUT2D eigenvalue weighted by Gasteiger charge is 2.44. The van der Waals surface area contributed by atoms with E-state index in [2.05, 4.69) is 16.9 Å². The van der Waals surface area contributed by atoms with Crippen LogP contribution in [0.4, 0.5) is 4.39 Å². The zero-order chi connectivity index (χ0) is 21.1. The highest BCUT2D eigenvalue weighted by atomic mass is 19.1. The summed E-state index contributed by atoms with van der Waals surface area (Å²) >= 11 is 0. The number of amides is 1. The maximum absolute atomic E-state index is 14.4. The number of halogens is 1. The number of aromatic nitrogens is 2. The molecule has 2 aliphatic heterocycles. The number of carbonyl (C=O) groups is 1. The van der Waals surface area contributed by atoms with Crippen LogP contribution in [0.25, 0.3) is 0 Å². The average Bonchev–Trinajstić information content (AvgIpc) is 3.21. The van der Waals surface area contributed by atoms with Crippen LogP contribution < -0.4 is 0 Å². The zero-order valence-corrected chi connectivity index (χ0v) is 17.6. The van der Waals surface area contributed by atoms with Crippen LogP contribution in [0.1, 0.15) is 37.3 Å². The minimum atomic E-state index is -0.589. The second-order valence-electron chi connectivity index (χ2n) is 8.87. The van der Waals surface area contributed by atoms with Crippen molar-refractivity contribution in [3.8, 4) is 0 Å². The molecule has 1 aromatic carbocycles. The predicted octanol–water partition coefficient (Wildman–Crippen LogP) is 2.50. The summed E-state index contributed by atoms with van der Waals surface area (Å²) in [7, 11) is 2.06. The van der Waals surface area contributed by atoms with E-state index in [4.69, 9.17) is 0 Å². The van der Waals surface area contributed by atoms with Crippen molar-refractivity contribution in [2.24, 2.45) is 5.41 Å². The molecule has 2 aliphatic rings. The van der Waals surface area contributed by atoms with Gasteiger partial charge in [-0.2, -0.15) is 0 Å². The summed E-state index contributed by atoms with van der Waals surface area (Å²) in [5.74, 6) is -0.132. The van der Waals surface area contributed by atoms with Gasteiger partial charge in [-0.15, -0.1) is 0 Å². The van der Waals surface area contributed by atoms with E-state index in [0.29, 0.717) is 37.9 Å². The normalized spacial score (nSPS) is 25.1. The topological polar surface area (TPSA) is 61.6 Å². The third-order valence-electron chi connectivity index (χ3n) is 6.91. The van der Waals surface area contributed by atoms with E-state index in [1.54, 1.807) is 24.7 Å². The summed E-state index contributed by atoms with van der Waals surface area (Å²) < 4.78 is 16.4. The number of benzene rings is 1. The third-order valence-corrected chi connectivity index (χ3v) is 6.91. The van der Waals surface area contributed by atoms with Crippen molar-refractivity contribution in [2.75, 3.05) is 33.2 Å². The Morgan fingerprint density at radius 2 is 1.93 bits per heavy atom. The van der Waals surface area contributed by atoms with Gasteiger partial charge in [-0.25, -0.2) is 9.37 Å². The predicted molar refractivity (Wildman–Crippen MR) is 112 cm³/mol. The van der Waals surface area contributed by atoms with E-state index in [0.717, 1.165) is 25.9 Å². The second-order valence-corrected chi connectivity index (χ2v) is 8.87. The lowest BCUT2D eigenvalue weighted by Gasteiger charge is -2.42. The maximum atomic E-state index is 14.4. The molecule has 0 saturated carbocycles. The molecule has 2 aromatic rings. The molecule has 2 atom stereocenters. The second kappa shape index (κ2) is 8.86. The summed E-state index contributed by atoms with van der Waals surface area (Å²) in [6.45, 7) is 2.77. The van der Waals surface area contributed by atoms with Crippen molar-refractivity contribution in [1.82, 2.24) is 19.4 Å². The van der Waals surface area contributed by atoms with Crippen LogP contribution in [0.5, 0.6) is 0 Å². The molecule has 6 nitrogen and oxygen atoms in total. The summed E-state index contributed by atoms with van der Waals surface area (Å²) in [6, 6.07) is 6.72. The van der Waals surface area contributed by atoms with Gasteiger partial charge in [0.15, 0.2) is 0 Å². The van der Waals surface area contributed by atoms with Crippen molar-refractivity contribution in [3.05, 3.63) is 54.4 Å². The van der Waals surface area contributed by atoms with E-state index in [9.17, 15) is 14.3 Å². The standard InChI is InChI=1S/C23H31FN4O2/c1-26-13-8-23(9-14-26,16-18-4-2-3-5-19(18)24)22(30)27-11-6-20(21(29)7-12-27)28-15-10-25-17-28/h2-5,10,15,17,20-21,29H,6-9,11-14,16H2,1H3/t20-,21-/m0/s1. The minimum absolute atomic E-state index is 0.0784. The van der Waals surface area contributed by atoms with Crippen LogP contribution in [-0.2, 0) is 11.2 Å². The summed E-state index contributed by atoms with van der Waals surface area (Å²) in [4.78, 5) is 22.1. The van der Waals surface area contributed by atoms with Crippen LogP contribution in [0.15, 0.2) is 43.0 Å². The quantitative estimate of drug-likeness (QED) is 0.835. The first-order chi connectivity index (χ1) is 14.5. The van der Waals surface area contributed by atoms with Crippen molar-refractivity contribution in [3.63, 3.8) is 0 Å². The number of hydrogen-bond acceptors (Lipinski definition) is 4. The Labute approximate surface area is 177 Å². The van der Waals surface area contributed by atoms with Crippen LogP contribution >= 0.6 is 0 Å². The van der Waals surface area contributed by atoms with Gasteiger partial charge in [-0.3, -0.25) is 4.79 Å². The molecule has 0 spiro atoms. The average molecular weight is 415 g/mol. The SMILES string of the molecule is CN1CCC(Cc2ccccc2F)(C(=O)N2CC[C@H](O)[C@@H](n3ccnc3)CC2)CC1. The first-order valence-corrected chi connectivity index (χ1v) is 10.9. The fraction of sp³-hybridized carbons (Fsp3) is 0.565. The minimum Gasteiger partial charge on any atom is -0.391 e. The van der Waals surface area contributed by atoms with E-state index in [1.807, 2.05) is 21.7 Å². The van der Waals surface area contributed by atoms with Crippen LogP contribution in [0.3, 0.4) is 0 Å². The lowest BCUT2D eigenvalue weighted by atomic mass is 9.72. The van der Waals surface area contributed by atoms with Crippen LogP contribution in [0, 0.1) is 11.2 Å². The Bertz CT molecular complexity index is 849. The fourth-order valence-corrected chi connectivity index (χ4v) is 4.94. The Hall–Kier alpha value is -2.25. The van der Waals surface area contributed by atoms with Crippen molar-refractivity contribution in [2.45, 2.75) is 44.2 Å². The highest BCUT2D eigenvalue weighted by Crippen LogP contribution is 2.38. The highest BCUT2D eigenvalue weighted by molar-refractivity contribution is 5.83. The molecule has 0 aliphatic carbocycles. The van der Waals surface area contributed by atoms with Crippen molar-refractivity contribution >= 4 is 5.91 Å². The van der Waals surface area contributed by atoms with Crippen LogP contribution in [-0.4, -0.2) is 69.7 Å². The first-order valence-electron chi connectivity index (χ1n) is 10.9. The molecule has 7 heteroatoms. The van der Waals surface area contributed by atoms with Crippen molar-refractivity contribution < 1.29 is 14.3 Å². The molecule has 3 heterocycles. The molecule has 2 saturated heterocycles. The maximum Gasteiger partial charge on any atom is 0.229 e. The zero-order valence-electron chi connectivity index (χ0n) is 17.6. The Balaban J connectivity index is 1.55. The van der Waals surface area contributed by atoms with E-state index in [-0.39, 0.29) is 17.8 Å². The Morgan fingerprint density at radius 1 is 1.20 bits per heavy atom. The molecule has 4 rings (SSSR count).